The molecule has 0 amide bonds. The van der Waals surface area contributed by atoms with Gasteiger partial charge in [-0.15, -0.1) is 0 Å². The van der Waals surface area contributed by atoms with E-state index in [1.54, 1.807) is 0 Å². The molecule has 0 aliphatic rings. The van der Waals surface area contributed by atoms with E-state index in [-0.39, 0.29) is 0 Å². The average molecular weight is 189 g/mol. The van der Waals surface area contributed by atoms with Crippen LogP contribution in [0, 0.1) is 0 Å². The molecule has 0 bridgehead atoms. The number of para-hydroxylation sites is 1. The van der Waals surface area contributed by atoms with Crippen molar-refractivity contribution in [2.24, 2.45) is 0 Å². The van der Waals surface area contributed by atoms with Gasteiger partial charge in [0.25, 0.3) is 0 Å². The Labute approximate surface area is 86.6 Å². The molecule has 1 aromatic rings. The lowest BCUT2D eigenvalue weighted by atomic mass is 10.00. The van der Waals surface area contributed by atoms with Crippen LogP contribution in [0.25, 0.3) is 5.57 Å². The summed E-state index contributed by atoms with van der Waals surface area (Å²) in [5.41, 5.74) is 8.98. The summed E-state index contributed by atoms with van der Waals surface area (Å²) >= 11 is 0. The predicted octanol–water partition coefficient (Wildman–Crippen LogP) is 3.86. The van der Waals surface area contributed by atoms with Crippen LogP contribution in [0.5, 0.6) is 0 Å². The lowest BCUT2D eigenvalue weighted by Gasteiger charge is -2.08. The quantitative estimate of drug-likeness (QED) is 0.552. The summed E-state index contributed by atoms with van der Waals surface area (Å²) in [6, 6.07) is 7.94. The molecule has 0 saturated carbocycles. The maximum atomic E-state index is 5.86. The summed E-state index contributed by atoms with van der Waals surface area (Å²) in [7, 11) is 0. The molecule has 0 heterocycles. The first-order valence-electron chi connectivity index (χ1n) is 5.28. The molecule has 1 nitrogen and oxygen atoms in total. The van der Waals surface area contributed by atoms with Crippen LogP contribution in [0.2, 0.25) is 0 Å². The van der Waals surface area contributed by atoms with E-state index in [1.807, 2.05) is 24.3 Å². The number of nitrogen functional groups attached to an aromatic ring is 1. The van der Waals surface area contributed by atoms with Crippen LogP contribution in [0.3, 0.4) is 0 Å². The fraction of sp³-hybridized carbons (Fsp3) is 0.385. The monoisotopic (exact) mass is 189 g/mol. The molecule has 14 heavy (non-hydrogen) atoms. The zero-order chi connectivity index (χ0) is 10.4. The van der Waals surface area contributed by atoms with E-state index in [0.29, 0.717) is 0 Å². The zero-order valence-corrected chi connectivity index (χ0v) is 8.92. The van der Waals surface area contributed by atoms with Gasteiger partial charge in [-0.1, -0.05) is 44.5 Å². The van der Waals surface area contributed by atoms with Crippen LogP contribution in [0.15, 0.2) is 30.8 Å². The van der Waals surface area contributed by atoms with Gasteiger partial charge in [0.2, 0.25) is 0 Å². The number of nitrogens with two attached hydrogens (primary N) is 1. The van der Waals surface area contributed by atoms with Gasteiger partial charge < -0.3 is 5.73 Å². The molecule has 2 N–H and O–H groups in total. The first kappa shape index (κ1) is 10.8. The fourth-order valence-electron chi connectivity index (χ4n) is 1.54. The van der Waals surface area contributed by atoms with Crippen LogP contribution >= 0.6 is 0 Å². The third kappa shape index (κ3) is 2.91. The smallest absolute Gasteiger partial charge is 0.0390 e. The Balaban J connectivity index is 2.56. The Morgan fingerprint density at radius 2 is 2.00 bits per heavy atom. The number of anilines is 1. The second kappa shape index (κ2) is 5.48. The first-order valence-corrected chi connectivity index (χ1v) is 5.28. The summed E-state index contributed by atoms with van der Waals surface area (Å²) in [6.07, 6.45) is 4.79. The molecule has 0 aliphatic heterocycles. The Kier molecular flexibility index (Phi) is 4.24. The van der Waals surface area contributed by atoms with Crippen LogP contribution < -0.4 is 5.73 Å². The predicted molar refractivity (Wildman–Crippen MR) is 64.0 cm³/mol. The molecular formula is C13H19N. The molecule has 0 aliphatic carbocycles. The summed E-state index contributed by atoms with van der Waals surface area (Å²) in [5, 5.41) is 0. The van der Waals surface area contributed by atoms with E-state index in [1.165, 1.54) is 19.3 Å². The van der Waals surface area contributed by atoms with Crippen molar-refractivity contribution in [3.8, 4) is 0 Å². The number of unbranched alkanes of at least 4 members (excludes halogenated alkanes) is 2. The molecule has 0 fully saturated rings. The highest BCUT2D eigenvalue weighted by Crippen LogP contribution is 2.23. The summed E-state index contributed by atoms with van der Waals surface area (Å²) in [4.78, 5) is 0. The highest BCUT2D eigenvalue weighted by Gasteiger charge is 2.01. The summed E-state index contributed by atoms with van der Waals surface area (Å²) in [5.74, 6) is 0. The maximum absolute atomic E-state index is 5.86. The normalized spacial score (nSPS) is 10.1. The number of rotatable bonds is 5. The Morgan fingerprint density at radius 3 is 2.64 bits per heavy atom. The van der Waals surface area contributed by atoms with Crippen molar-refractivity contribution < 1.29 is 0 Å². The third-order valence-corrected chi connectivity index (χ3v) is 2.42. The van der Waals surface area contributed by atoms with Gasteiger partial charge >= 0.3 is 0 Å². The van der Waals surface area contributed by atoms with Gasteiger partial charge in [0.15, 0.2) is 0 Å². The van der Waals surface area contributed by atoms with Crippen LogP contribution in [-0.2, 0) is 0 Å². The van der Waals surface area contributed by atoms with Crippen molar-refractivity contribution in [1.29, 1.82) is 0 Å². The maximum Gasteiger partial charge on any atom is 0.0390 e. The molecule has 0 spiro atoms. The topological polar surface area (TPSA) is 26.0 Å². The second-order valence-electron chi connectivity index (χ2n) is 3.65. The number of hydrogen-bond donors (Lipinski definition) is 1. The van der Waals surface area contributed by atoms with Gasteiger partial charge in [0.1, 0.15) is 0 Å². The van der Waals surface area contributed by atoms with Gasteiger partial charge in [-0.25, -0.2) is 0 Å². The van der Waals surface area contributed by atoms with E-state index < -0.39 is 0 Å². The van der Waals surface area contributed by atoms with Gasteiger partial charge in [-0.05, 0) is 30.0 Å². The van der Waals surface area contributed by atoms with E-state index in [9.17, 15) is 0 Å². The second-order valence-corrected chi connectivity index (χ2v) is 3.65. The minimum absolute atomic E-state index is 0.842. The molecule has 0 radical (unpaired) electrons. The Hall–Kier alpha value is -1.24. The lowest BCUT2D eigenvalue weighted by Crippen LogP contribution is -1.92. The number of allylic oxidation sites excluding steroid dienone is 1. The van der Waals surface area contributed by atoms with Crippen molar-refractivity contribution in [3.63, 3.8) is 0 Å². The number of benzene rings is 1. The average Bonchev–Trinajstić information content (AvgIpc) is 2.18. The molecule has 76 valence electrons. The highest BCUT2D eigenvalue weighted by atomic mass is 14.6. The van der Waals surface area contributed by atoms with E-state index in [4.69, 9.17) is 5.73 Å². The Morgan fingerprint density at radius 1 is 1.29 bits per heavy atom. The van der Waals surface area contributed by atoms with Crippen molar-refractivity contribution in [3.05, 3.63) is 36.4 Å². The molecule has 1 aromatic carbocycles. The summed E-state index contributed by atoms with van der Waals surface area (Å²) < 4.78 is 0. The van der Waals surface area contributed by atoms with Crippen LogP contribution in [0.4, 0.5) is 5.69 Å². The van der Waals surface area contributed by atoms with Crippen molar-refractivity contribution in [2.75, 3.05) is 5.73 Å². The van der Waals surface area contributed by atoms with Crippen molar-refractivity contribution in [2.45, 2.75) is 32.6 Å². The van der Waals surface area contributed by atoms with Gasteiger partial charge in [0, 0.05) is 5.69 Å². The molecule has 0 aromatic heterocycles. The minimum Gasteiger partial charge on any atom is -0.398 e. The SMILES string of the molecule is C=C(CCCCC)c1ccccc1N. The molecule has 0 saturated heterocycles. The lowest BCUT2D eigenvalue weighted by molar-refractivity contribution is 0.736. The van der Waals surface area contributed by atoms with E-state index in [0.717, 1.165) is 23.2 Å². The fourth-order valence-corrected chi connectivity index (χ4v) is 1.54. The Bertz CT molecular complexity index is 302. The molecule has 0 atom stereocenters. The molecule has 1 rings (SSSR count). The van der Waals surface area contributed by atoms with Crippen molar-refractivity contribution >= 4 is 11.3 Å². The summed E-state index contributed by atoms with van der Waals surface area (Å²) in [6.45, 7) is 6.29. The molecule has 0 unspecified atom stereocenters. The molecule has 1 heteroatoms. The third-order valence-electron chi connectivity index (χ3n) is 2.42. The van der Waals surface area contributed by atoms with Gasteiger partial charge in [-0.2, -0.15) is 0 Å². The van der Waals surface area contributed by atoms with Crippen molar-refractivity contribution in [1.82, 2.24) is 0 Å². The largest absolute Gasteiger partial charge is 0.398 e. The van der Waals surface area contributed by atoms with E-state index >= 15 is 0 Å². The number of hydrogen-bond acceptors (Lipinski definition) is 1. The standard InChI is InChI=1S/C13H19N/c1-3-4-5-8-11(2)12-9-6-7-10-13(12)14/h6-7,9-10H,2-5,8,14H2,1H3. The van der Waals surface area contributed by atoms with Crippen LogP contribution in [0.1, 0.15) is 38.2 Å². The minimum atomic E-state index is 0.842. The van der Waals surface area contributed by atoms with Crippen LogP contribution in [-0.4, -0.2) is 0 Å². The zero-order valence-electron chi connectivity index (χ0n) is 8.92. The van der Waals surface area contributed by atoms with E-state index in [2.05, 4.69) is 13.5 Å². The molecular weight excluding hydrogens is 170 g/mol. The highest BCUT2D eigenvalue weighted by molar-refractivity contribution is 5.73. The van der Waals surface area contributed by atoms with Gasteiger partial charge in [-0.3, -0.25) is 0 Å². The van der Waals surface area contributed by atoms with Gasteiger partial charge in [0.05, 0.1) is 0 Å². The first-order chi connectivity index (χ1) is 6.75.